The van der Waals surface area contributed by atoms with E-state index in [2.05, 4.69) is 141 Å². The molecular formula is C62H74F4N6. The maximum Gasteiger partial charge on any atom is 0.0952 e. The number of nitrogens with one attached hydrogen (secondary N) is 2. The lowest BCUT2D eigenvalue weighted by atomic mass is 9.38. The molecule has 2 saturated heterocycles. The van der Waals surface area contributed by atoms with Crippen LogP contribution in [0.4, 0.5) is 28.9 Å². The average molecular weight is 979 g/mol. The van der Waals surface area contributed by atoms with Crippen molar-refractivity contribution < 1.29 is 17.6 Å². The van der Waals surface area contributed by atoms with Crippen molar-refractivity contribution in [1.29, 1.82) is 0 Å². The molecule has 8 aliphatic carbocycles. The molecule has 0 aromatic heterocycles. The Kier molecular flexibility index (Phi) is 11.9. The van der Waals surface area contributed by atoms with Gasteiger partial charge in [-0.25, -0.2) is 0 Å². The third-order valence-corrected chi connectivity index (χ3v) is 19.6. The Morgan fingerprint density at radius 3 is 1.24 bits per heavy atom. The maximum atomic E-state index is 13.7. The normalized spacial score (nSPS) is 33.4. The second-order valence-corrected chi connectivity index (χ2v) is 24.7. The summed E-state index contributed by atoms with van der Waals surface area (Å²) >= 11 is 0. The van der Waals surface area contributed by atoms with Gasteiger partial charge in [0.2, 0.25) is 0 Å². The van der Waals surface area contributed by atoms with Crippen molar-refractivity contribution in [3.63, 3.8) is 0 Å². The van der Waals surface area contributed by atoms with Crippen molar-refractivity contribution in [2.75, 3.05) is 76.6 Å². The van der Waals surface area contributed by atoms with E-state index in [1.54, 1.807) is 22.3 Å². The van der Waals surface area contributed by atoms with Gasteiger partial charge in [0.05, 0.1) is 50.9 Å². The summed E-state index contributed by atoms with van der Waals surface area (Å²) in [7, 11) is 0. The van der Waals surface area contributed by atoms with Gasteiger partial charge in [0.15, 0.2) is 0 Å². The van der Waals surface area contributed by atoms with E-state index in [1.807, 2.05) is 0 Å². The molecule has 0 spiro atoms. The molecule has 380 valence electrons. The summed E-state index contributed by atoms with van der Waals surface area (Å²) in [6, 6.07) is 38.4. The van der Waals surface area contributed by atoms with Gasteiger partial charge in [-0.2, -0.15) is 0 Å². The van der Waals surface area contributed by atoms with Crippen LogP contribution >= 0.6 is 0 Å². The Morgan fingerprint density at radius 2 is 0.875 bits per heavy atom. The Balaban J connectivity index is 0.000000140. The van der Waals surface area contributed by atoms with E-state index in [4.69, 9.17) is 0 Å². The Hall–Kier alpha value is -4.48. The third-order valence-electron chi connectivity index (χ3n) is 19.6. The van der Waals surface area contributed by atoms with E-state index in [9.17, 15) is 17.6 Å². The number of likely N-dealkylation sites (tertiary alicyclic amines) is 2. The smallest absolute Gasteiger partial charge is 0.0952 e. The fourth-order valence-electron chi connectivity index (χ4n) is 16.7. The van der Waals surface area contributed by atoms with Crippen molar-refractivity contribution in [3.05, 3.63) is 142 Å². The first-order valence-corrected chi connectivity index (χ1v) is 27.7. The van der Waals surface area contributed by atoms with Gasteiger partial charge < -0.3 is 10.6 Å². The van der Waals surface area contributed by atoms with Crippen LogP contribution in [0.5, 0.6) is 0 Å². The quantitative estimate of drug-likeness (QED) is 0.109. The number of hydrogen-bond acceptors (Lipinski definition) is 6. The molecule has 2 N–H and O–H groups in total. The molecule has 6 saturated carbocycles. The van der Waals surface area contributed by atoms with Crippen LogP contribution in [0.25, 0.3) is 11.1 Å². The van der Waals surface area contributed by atoms with Gasteiger partial charge in [-0.3, -0.25) is 37.2 Å². The molecule has 0 amide bonds. The molecule has 6 nitrogen and oxygen atoms in total. The van der Waals surface area contributed by atoms with E-state index in [0.29, 0.717) is 37.0 Å². The first kappa shape index (κ1) is 47.2. The minimum atomic E-state index is -0.230. The predicted molar refractivity (Wildman–Crippen MR) is 283 cm³/mol. The number of halogens is 4. The second-order valence-electron chi connectivity index (χ2n) is 24.7. The number of nitrogens with zero attached hydrogens (tertiary/aromatic N) is 4. The molecule has 4 aliphatic heterocycles. The second kappa shape index (κ2) is 18.1. The SMILES string of the molecule is C[C@@H]1CC2=C(Cc3ccccc32)[C@@H](c2ccc(NC3CN(CCCF)C3)cc2)N1C12CC(CF)(C1)C2.C[C@H]1CC2=C(Cc3ccccc32)[C@H](c2ccc(NC3CN(CCCF)C3)cc2)N1C12CC(CF)(C1)C2. The van der Waals surface area contributed by atoms with Crippen LogP contribution in [-0.4, -0.2) is 121 Å². The highest BCUT2D eigenvalue weighted by atomic mass is 19.1. The zero-order valence-corrected chi connectivity index (χ0v) is 42.6. The molecule has 4 atom stereocenters. The summed E-state index contributed by atoms with van der Waals surface area (Å²) in [6.07, 6.45) is 11.6. The van der Waals surface area contributed by atoms with Gasteiger partial charge in [0.1, 0.15) is 0 Å². The van der Waals surface area contributed by atoms with Crippen LogP contribution in [0.1, 0.15) is 124 Å². The molecule has 4 bridgehead atoms. The molecule has 10 heteroatoms. The molecule has 72 heavy (non-hydrogen) atoms. The van der Waals surface area contributed by atoms with Crippen molar-refractivity contribution in [2.24, 2.45) is 10.8 Å². The number of anilines is 2. The highest BCUT2D eigenvalue weighted by molar-refractivity contribution is 5.80. The van der Waals surface area contributed by atoms with Crippen LogP contribution in [0, 0.1) is 10.8 Å². The largest absolute Gasteiger partial charge is 0.380 e. The standard InChI is InChI=1S/2C31H37F2N3/c2*1-21-13-27-26-6-3-2-5-23(26)14-28(27)29(36(21)31-17-30(18-31,19-31)20-33)22-7-9-24(10-8-22)34-25-15-35(16-25)12-4-11-32/h2*2-3,5-10,21,25,29,34H,4,11-20H2,1H3/t2*21-,29-,30?,31?/m10/s1. The lowest BCUT2D eigenvalue weighted by Crippen LogP contribution is -2.77. The van der Waals surface area contributed by atoms with Crippen molar-refractivity contribution >= 4 is 22.5 Å². The zero-order chi connectivity index (χ0) is 49.0. The Morgan fingerprint density at radius 1 is 0.500 bits per heavy atom. The molecule has 12 aliphatic rings. The number of benzene rings is 4. The molecular weight excluding hydrogens is 905 g/mol. The maximum absolute atomic E-state index is 13.7. The molecule has 8 fully saturated rings. The summed E-state index contributed by atoms with van der Waals surface area (Å²) in [5, 5.41) is 7.33. The van der Waals surface area contributed by atoms with Crippen molar-refractivity contribution in [2.45, 2.75) is 138 Å². The van der Waals surface area contributed by atoms with Gasteiger partial charge in [0.25, 0.3) is 0 Å². The van der Waals surface area contributed by atoms with Crippen LogP contribution in [0.3, 0.4) is 0 Å². The topological polar surface area (TPSA) is 37.0 Å². The van der Waals surface area contributed by atoms with E-state index in [1.165, 1.54) is 33.4 Å². The summed E-state index contributed by atoms with van der Waals surface area (Å²) in [4.78, 5) is 10.2. The van der Waals surface area contributed by atoms with Crippen LogP contribution < -0.4 is 10.6 Å². The fourth-order valence-corrected chi connectivity index (χ4v) is 16.7. The van der Waals surface area contributed by atoms with Gasteiger partial charge in [-0.05, 0) is 171 Å². The molecule has 4 heterocycles. The molecule has 0 unspecified atom stereocenters. The minimum Gasteiger partial charge on any atom is -0.380 e. The monoisotopic (exact) mass is 979 g/mol. The molecule has 4 aromatic carbocycles. The first-order valence-electron chi connectivity index (χ1n) is 27.7. The van der Waals surface area contributed by atoms with Gasteiger partial charge in [-0.1, -0.05) is 72.8 Å². The highest BCUT2D eigenvalue weighted by Crippen LogP contribution is 2.74. The van der Waals surface area contributed by atoms with Gasteiger partial charge >= 0.3 is 0 Å². The summed E-state index contributed by atoms with van der Waals surface area (Å²) in [6.45, 7) is 9.67. The number of alkyl halides is 4. The summed E-state index contributed by atoms with van der Waals surface area (Å²) in [5.41, 5.74) is 17.4. The van der Waals surface area contributed by atoms with Gasteiger partial charge in [-0.15, -0.1) is 0 Å². The van der Waals surface area contributed by atoms with E-state index in [0.717, 1.165) is 115 Å². The molecule has 4 aromatic rings. The molecule has 0 radical (unpaired) electrons. The third kappa shape index (κ3) is 7.76. The van der Waals surface area contributed by atoms with Crippen LogP contribution in [0.15, 0.2) is 108 Å². The number of hydrogen-bond donors (Lipinski definition) is 2. The number of fused-ring (bicyclic) bond motifs is 4. The van der Waals surface area contributed by atoms with Gasteiger partial charge in [0, 0.05) is 84.6 Å². The van der Waals surface area contributed by atoms with Crippen LogP contribution in [0.2, 0.25) is 0 Å². The van der Waals surface area contributed by atoms with E-state index in [-0.39, 0.29) is 60.7 Å². The lowest BCUT2D eigenvalue weighted by Gasteiger charge is -2.75. The predicted octanol–water partition coefficient (Wildman–Crippen LogP) is 12.4. The highest BCUT2D eigenvalue weighted by Gasteiger charge is 2.73. The zero-order valence-electron chi connectivity index (χ0n) is 42.6. The van der Waals surface area contributed by atoms with E-state index < -0.39 is 0 Å². The number of rotatable bonds is 16. The van der Waals surface area contributed by atoms with E-state index >= 15 is 0 Å². The van der Waals surface area contributed by atoms with Crippen LogP contribution in [-0.2, 0) is 12.8 Å². The summed E-state index contributed by atoms with van der Waals surface area (Å²) < 4.78 is 52.3. The Bertz CT molecular complexity index is 2510. The average Bonchev–Trinajstić information content (AvgIpc) is 3.88. The Labute approximate surface area is 425 Å². The molecule has 16 rings (SSSR count). The minimum absolute atomic E-state index is 0.0216. The summed E-state index contributed by atoms with van der Waals surface area (Å²) in [5.74, 6) is 0. The van der Waals surface area contributed by atoms with Crippen molar-refractivity contribution in [1.82, 2.24) is 19.6 Å². The first-order chi connectivity index (χ1) is 35.1. The lowest BCUT2D eigenvalue weighted by molar-refractivity contribution is -0.245. The van der Waals surface area contributed by atoms with Crippen molar-refractivity contribution in [3.8, 4) is 0 Å². The fraction of sp³-hybridized carbons (Fsp3) is 0.548.